The van der Waals surface area contributed by atoms with Crippen molar-refractivity contribution in [1.82, 2.24) is 0 Å². The van der Waals surface area contributed by atoms with E-state index in [9.17, 15) is 0 Å². The minimum absolute atomic E-state index is 0.141. The van der Waals surface area contributed by atoms with E-state index in [-0.39, 0.29) is 5.41 Å². The number of benzene rings is 1. The second-order valence-corrected chi connectivity index (χ2v) is 4.77. The van der Waals surface area contributed by atoms with Crippen LogP contribution in [0, 0.1) is 13.8 Å². The van der Waals surface area contributed by atoms with Gasteiger partial charge in [-0.25, -0.2) is 0 Å². The Morgan fingerprint density at radius 3 is 1.92 bits per heavy atom. The van der Waals surface area contributed by atoms with Gasteiger partial charge in [0.2, 0.25) is 0 Å². The average Bonchev–Trinajstić information content (AvgIpc) is 1.94. The zero-order valence-electron chi connectivity index (χ0n) is 9.23. The molecule has 13 heavy (non-hydrogen) atoms. The topological polar surface area (TPSA) is 26.0 Å². The number of rotatable bonds is 0. The number of nitrogen functional groups attached to an aromatic ring is 1. The first-order valence-corrected chi connectivity index (χ1v) is 4.69. The van der Waals surface area contributed by atoms with Crippen molar-refractivity contribution in [2.45, 2.75) is 40.0 Å². The SMILES string of the molecule is Cc1cc(N)c(C(C)(C)C)cc1C. The van der Waals surface area contributed by atoms with Crippen molar-refractivity contribution in [3.8, 4) is 0 Å². The van der Waals surface area contributed by atoms with Gasteiger partial charge in [0.25, 0.3) is 0 Å². The van der Waals surface area contributed by atoms with Gasteiger partial charge in [0.15, 0.2) is 0 Å². The largest absolute Gasteiger partial charge is 0.398 e. The molecule has 1 nitrogen and oxygen atoms in total. The first-order chi connectivity index (χ1) is 5.82. The Morgan fingerprint density at radius 2 is 1.46 bits per heavy atom. The van der Waals surface area contributed by atoms with Gasteiger partial charge in [0.05, 0.1) is 0 Å². The van der Waals surface area contributed by atoms with E-state index in [1.54, 1.807) is 0 Å². The molecule has 0 atom stereocenters. The summed E-state index contributed by atoms with van der Waals surface area (Å²) in [7, 11) is 0. The quantitative estimate of drug-likeness (QED) is 0.605. The third-order valence-corrected chi connectivity index (χ3v) is 2.47. The molecule has 0 amide bonds. The number of nitrogens with two attached hydrogens (primary N) is 1. The van der Waals surface area contributed by atoms with Gasteiger partial charge in [0, 0.05) is 5.69 Å². The molecule has 0 saturated heterocycles. The van der Waals surface area contributed by atoms with Gasteiger partial charge in [-0.1, -0.05) is 26.8 Å². The highest BCUT2D eigenvalue weighted by Crippen LogP contribution is 2.29. The summed E-state index contributed by atoms with van der Waals surface area (Å²) in [6, 6.07) is 4.26. The molecule has 0 radical (unpaired) electrons. The van der Waals surface area contributed by atoms with E-state index in [4.69, 9.17) is 5.73 Å². The fraction of sp³-hybridized carbons (Fsp3) is 0.500. The first kappa shape index (κ1) is 10.1. The first-order valence-electron chi connectivity index (χ1n) is 4.69. The number of aryl methyl sites for hydroxylation is 2. The maximum atomic E-state index is 5.98. The van der Waals surface area contributed by atoms with E-state index in [1.165, 1.54) is 16.7 Å². The summed E-state index contributed by atoms with van der Waals surface area (Å²) in [5, 5.41) is 0. The number of anilines is 1. The normalized spacial score (nSPS) is 11.8. The molecule has 1 aromatic rings. The minimum atomic E-state index is 0.141. The highest BCUT2D eigenvalue weighted by atomic mass is 14.6. The summed E-state index contributed by atoms with van der Waals surface area (Å²) < 4.78 is 0. The molecule has 0 bridgehead atoms. The molecule has 1 aromatic carbocycles. The molecule has 0 aliphatic rings. The van der Waals surface area contributed by atoms with Crippen molar-refractivity contribution in [1.29, 1.82) is 0 Å². The lowest BCUT2D eigenvalue weighted by atomic mass is 9.84. The maximum Gasteiger partial charge on any atom is 0.0354 e. The van der Waals surface area contributed by atoms with Crippen LogP contribution in [0.25, 0.3) is 0 Å². The van der Waals surface area contributed by atoms with Crippen molar-refractivity contribution in [3.05, 3.63) is 28.8 Å². The van der Waals surface area contributed by atoms with E-state index >= 15 is 0 Å². The highest BCUT2D eigenvalue weighted by Gasteiger charge is 2.17. The molecular weight excluding hydrogens is 158 g/mol. The lowest BCUT2D eigenvalue weighted by Gasteiger charge is -2.22. The lowest BCUT2D eigenvalue weighted by molar-refractivity contribution is 0.592. The highest BCUT2D eigenvalue weighted by molar-refractivity contribution is 5.54. The maximum absolute atomic E-state index is 5.98. The van der Waals surface area contributed by atoms with Crippen LogP contribution < -0.4 is 5.73 Å². The van der Waals surface area contributed by atoms with Crippen molar-refractivity contribution < 1.29 is 0 Å². The van der Waals surface area contributed by atoms with Gasteiger partial charge in [-0.15, -0.1) is 0 Å². The van der Waals surface area contributed by atoms with E-state index < -0.39 is 0 Å². The molecule has 0 heterocycles. The fourth-order valence-electron chi connectivity index (χ4n) is 1.49. The van der Waals surface area contributed by atoms with Crippen LogP contribution in [0.1, 0.15) is 37.5 Å². The summed E-state index contributed by atoms with van der Waals surface area (Å²) in [4.78, 5) is 0. The monoisotopic (exact) mass is 177 g/mol. The van der Waals surface area contributed by atoms with Crippen LogP contribution in [0.4, 0.5) is 5.69 Å². The average molecular weight is 177 g/mol. The van der Waals surface area contributed by atoms with Crippen LogP contribution >= 0.6 is 0 Å². The number of hydrogen-bond donors (Lipinski definition) is 1. The van der Waals surface area contributed by atoms with E-state index in [0.29, 0.717) is 0 Å². The van der Waals surface area contributed by atoms with Gasteiger partial charge in [0.1, 0.15) is 0 Å². The molecule has 1 heteroatoms. The molecule has 0 fully saturated rings. The van der Waals surface area contributed by atoms with Crippen LogP contribution in [0.5, 0.6) is 0 Å². The summed E-state index contributed by atoms with van der Waals surface area (Å²) >= 11 is 0. The third kappa shape index (κ3) is 2.03. The van der Waals surface area contributed by atoms with E-state index in [0.717, 1.165) is 5.69 Å². The van der Waals surface area contributed by atoms with Gasteiger partial charge in [-0.05, 0) is 42.0 Å². The Kier molecular flexibility index (Phi) is 2.38. The fourth-order valence-corrected chi connectivity index (χ4v) is 1.49. The lowest BCUT2D eigenvalue weighted by Crippen LogP contribution is -2.14. The van der Waals surface area contributed by atoms with Gasteiger partial charge in [-0.3, -0.25) is 0 Å². The molecule has 0 aliphatic heterocycles. The predicted molar refractivity (Wildman–Crippen MR) is 59.0 cm³/mol. The Labute approximate surface area is 81.0 Å². The van der Waals surface area contributed by atoms with Crippen LogP contribution in [0.2, 0.25) is 0 Å². The zero-order chi connectivity index (χ0) is 10.2. The third-order valence-electron chi connectivity index (χ3n) is 2.47. The van der Waals surface area contributed by atoms with Crippen molar-refractivity contribution >= 4 is 5.69 Å². The summed E-state index contributed by atoms with van der Waals surface area (Å²) in [5.41, 5.74) is 10.9. The second-order valence-electron chi connectivity index (χ2n) is 4.77. The molecule has 72 valence electrons. The van der Waals surface area contributed by atoms with Crippen molar-refractivity contribution in [3.63, 3.8) is 0 Å². The van der Waals surface area contributed by atoms with Gasteiger partial charge in [-0.2, -0.15) is 0 Å². The Morgan fingerprint density at radius 1 is 1.00 bits per heavy atom. The minimum Gasteiger partial charge on any atom is -0.398 e. The van der Waals surface area contributed by atoms with Crippen molar-refractivity contribution in [2.75, 3.05) is 5.73 Å². The van der Waals surface area contributed by atoms with Crippen LogP contribution in [0.15, 0.2) is 12.1 Å². The zero-order valence-corrected chi connectivity index (χ0v) is 9.23. The molecule has 0 aromatic heterocycles. The number of hydrogen-bond acceptors (Lipinski definition) is 1. The Hall–Kier alpha value is -0.980. The standard InChI is InChI=1S/C12H19N/c1-8-6-10(12(3,4)5)11(13)7-9(8)2/h6-7H,13H2,1-5H3. The van der Waals surface area contributed by atoms with Crippen LogP contribution in [0.3, 0.4) is 0 Å². The molecule has 0 saturated carbocycles. The Balaban J connectivity index is 3.32. The molecule has 0 unspecified atom stereocenters. The molecule has 1 rings (SSSR count). The Bertz CT molecular complexity index is 319. The van der Waals surface area contributed by atoms with Crippen LogP contribution in [-0.2, 0) is 5.41 Å². The van der Waals surface area contributed by atoms with E-state index in [1.807, 2.05) is 0 Å². The van der Waals surface area contributed by atoms with Gasteiger partial charge < -0.3 is 5.73 Å². The smallest absolute Gasteiger partial charge is 0.0354 e. The van der Waals surface area contributed by atoms with Gasteiger partial charge >= 0.3 is 0 Å². The molecule has 2 N–H and O–H groups in total. The second kappa shape index (κ2) is 3.06. The van der Waals surface area contributed by atoms with Crippen LogP contribution in [-0.4, -0.2) is 0 Å². The molecule has 0 spiro atoms. The van der Waals surface area contributed by atoms with E-state index in [2.05, 4.69) is 46.8 Å². The summed E-state index contributed by atoms with van der Waals surface area (Å²) in [5.74, 6) is 0. The summed E-state index contributed by atoms with van der Waals surface area (Å²) in [6.07, 6.45) is 0. The summed E-state index contributed by atoms with van der Waals surface area (Å²) in [6.45, 7) is 10.8. The molecule has 0 aliphatic carbocycles. The molecular formula is C12H19N. The predicted octanol–water partition coefficient (Wildman–Crippen LogP) is 3.18. The van der Waals surface area contributed by atoms with Crippen molar-refractivity contribution in [2.24, 2.45) is 0 Å².